The fraction of sp³-hybridized carbons (Fsp3) is 0.474. The Morgan fingerprint density at radius 1 is 1.15 bits per heavy atom. The van der Waals surface area contributed by atoms with Crippen LogP contribution >= 0.6 is 0 Å². The van der Waals surface area contributed by atoms with E-state index in [0.717, 1.165) is 48.5 Å². The standard InChI is InChI=1S/C19H24N6O/c1-13-4-5-17(26)25(22-13)11-15-6-8-24(9-7-15)19-18-16(20-12-21-19)10-14(2)23(18)3/h4-5,10,12,15H,6-9,11H2,1-3H3. The van der Waals surface area contributed by atoms with E-state index in [0.29, 0.717) is 12.5 Å². The van der Waals surface area contributed by atoms with Crippen molar-refractivity contribution in [2.45, 2.75) is 33.2 Å². The summed E-state index contributed by atoms with van der Waals surface area (Å²) in [6, 6.07) is 5.47. The molecular weight excluding hydrogens is 328 g/mol. The lowest BCUT2D eigenvalue weighted by molar-refractivity contribution is 0.333. The molecule has 1 aliphatic rings. The van der Waals surface area contributed by atoms with Crippen molar-refractivity contribution < 1.29 is 0 Å². The molecule has 3 aromatic rings. The van der Waals surface area contributed by atoms with E-state index in [4.69, 9.17) is 0 Å². The van der Waals surface area contributed by atoms with Gasteiger partial charge in [0.05, 0.1) is 11.2 Å². The van der Waals surface area contributed by atoms with Crippen LogP contribution in [0.25, 0.3) is 11.0 Å². The highest BCUT2D eigenvalue weighted by molar-refractivity contribution is 5.87. The molecule has 0 radical (unpaired) electrons. The maximum absolute atomic E-state index is 12.0. The van der Waals surface area contributed by atoms with Crippen LogP contribution in [0.5, 0.6) is 0 Å². The predicted molar refractivity (Wildman–Crippen MR) is 101 cm³/mol. The van der Waals surface area contributed by atoms with Gasteiger partial charge in [-0.2, -0.15) is 5.10 Å². The Labute approximate surface area is 152 Å². The highest BCUT2D eigenvalue weighted by Crippen LogP contribution is 2.29. The van der Waals surface area contributed by atoms with Gasteiger partial charge in [-0.3, -0.25) is 4.79 Å². The SMILES string of the molecule is Cc1ccc(=O)n(CC2CCN(c3ncnc4cc(C)n(C)c34)CC2)n1. The van der Waals surface area contributed by atoms with Gasteiger partial charge in [-0.15, -0.1) is 0 Å². The molecular formula is C19H24N6O. The van der Waals surface area contributed by atoms with Crippen molar-refractivity contribution in [1.82, 2.24) is 24.3 Å². The Morgan fingerprint density at radius 3 is 2.69 bits per heavy atom. The minimum Gasteiger partial charge on any atom is -0.355 e. The van der Waals surface area contributed by atoms with Crippen LogP contribution in [0.4, 0.5) is 5.82 Å². The van der Waals surface area contributed by atoms with Crippen LogP contribution in [0.15, 0.2) is 29.3 Å². The largest absolute Gasteiger partial charge is 0.355 e. The number of hydrogen-bond acceptors (Lipinski definition) is 5. The van der Waals surface area contributed by atoms with Crippen molar-refractivity contribution >= 4 is 16.9 Å². The van der Waals surface area contributed by atoms with Crippen molar-refractivity contribution in [3.8, 4) is 0 Å². The molecule has 0 N–H and O–H groups in total. The van der Waals surface area contributed by atoms with Gasteiger partial charge in [0, 0.05) is 38.4 Å². The van der Waals surface area contributed by atoms with E-state index >= 15 is 0 Å². The summed E-state index contributed by atoms with van der Waals surface area (Å²) in [6.07, 6.45) is 3.70. The molecule has 1 aliphatic heterocycles. The van der Waals surface area contributed by atoms with Gasteiger partial charge in [0.15, 0.2) is 5.82 Å². The van der Waals surface area contributed by atoms with Gasteiger partial charge in [0.1, 0.15) is 11.8 Å². The van der Waals surface area contributed by atoms with Gasteiger partial charge in [-0.05, 0) is 44.7 Å². The van der Waals surface area contributed by atoms with Crippen LogP contribution in [0.2, 0.25) is 0 Å². The van der Waals surface area contributed by atoms with Crippen molar-refractivity contribution in [1.29, 1.82) is 0 Å². The van der Waals surface area contributed by atoms with Gasteiger partial charge < -0.3 is 9.47 Å². The van der Waals surface area contributed by atoms with Crippen molar-refractivity contribution in [3.63, 3.8) is 0 Å². The monoisotopic (exact) mass is 352 g/mol. The summed E-state index contributed by atoms with van der Waals surface area (Å²) in [5.41, 5.74) is 4.13. The van der Waals surface area contributed by atoms with E-state index in [2.05, 4.69) is 44.6 Å². The average Bonchev–Trinajstić information content (AvgIpc) is 2.93. The molecule has 0 unspecified atom stereocenters. The Bertz CT molecular complexity index is 997. The van der Waals surface area contributed by atoms with Gasteiger partial charge >= 0.3 is 0 Å². The zero-order valence-corrected chi connectivity index (χ0v) is 15.5. The van der Waals surface area contributed by atoms with Crippen LogP contribution in [-0.2, 0) is 13.6 Å². The van der Waals surface area contributed by atoms with E-state index < -0.39 is 0 Å². The number of fused-ring (bicyclic) bond motifs is 1. The third-order valence-electron chi connectivity index (χ3n) is 5.39. The molecule has 0 atom stereocenters. The normalized spacial score (nSPS) is 15.7. The highest BCUT2D eigenvalue weighted by Gasteiger charge is 2.23. The van der Waals surface area contributed by atoms with E-state index in [1.165, 1.54) is 5.69 Å². The van der Waals surface area contributed by atoms with Crippen LogP contribution < -0.4 is 10.5 Å². The summed E-state index contributed by atoms with van der Waals surface area (Å²) in [6.45, 7) is 6.56. The molecule has 0 bridgehead atoms. The first kappa shape index (κ1) is 16.8. The summed E-state index contributed by atoms with van der Waals surface area (Å²) in [5.74, 6) is 1.47. The topological polar surface area (TPSA) is 68.8 Å². The van der Waals surface area contributed by atoms with E-state index in [9.17, 15) is 4.79 Å². The number of aromatic nitrogens is 5. The first-order chi connectivity index (χ1) is 12.5. The molecule has 1 saturated heterocycles. The second kappa shape index (κ2) is 6.55. The fourth-order valence-electron chi connectivity index (χ4n) is 3.77. The molecule has 0 amide bonds. The fourth-order valence-corrected chi connectivity index (χ4v) is 3.77. The molecule has 4 heterocycles. The number of rotatable bonds is 3. The van der Waals surface area contributed by atoms with Crippen molar-refractivity contribution in [2.75, 3.05) is 18.0 Å². The highest BCUT2D eigenvalue weighted by atomic mass is 16.1. The maximum Gasteiger partial charge on any atom is 0.266 e. The third kappa shape index (κ3) is 2.98. The molecule has 0 aliphatic carbocycles. The van der Waals surface area contributed by atoms with Crippen LogP contribution in [-0.4, -0.2) is 37.4 Å². The third-order valence-corrected chi connectivity index (χ3v) is 5.39. The number of anilines is 1. The summed E-state index contributed by atoms with van der Waals surface area (Å²) in [4.78, 5) is 23.3. The van der Waals surface area contributed by atoms with Gasteiger partial charge in [0.25, 0.3) is 5.56 Å². The van der Waals surface area contributed by atoms with E-state index in [1.54, 1.807) is 23.1 Å². The Hall–Kier alpha value is -2.70. The van der Waals surface area contributed by atoms with Gasteiger partial charge in [0.2, 0.25) is 0 Å². The summed E-state index contributed by atoms with van der Waals surface area (Å²) < 4.78 is 3.77. The van der Waals surface area contributed by atoms with Gasteiger partial charge in [-0.25, -0.2) is 14.6 Å². The summed E-state index contributed by atoms with van der Waals surface area (Å²) in [7, 11) is 2.06. The van der Waals surface area contributed by atoms with Crippen molar-refractivity contribution in [3.05, 3.63) is 46.3 Å². The number of nitrogens with zero attached hydrogens (tertiary/aromatic N) is 6. The minimum atomic E-state index is -0.0187. The van der Waals surface area contributed by atoms with Crippen LogP contribution in [0, 0.1) is 19.8 Å². The lowest BCUT2D eigenvalue weighted by Gasteiger charge is -2.33. The second-order valence-electron chi connectivity index (χ2n) is 7.20. The zero-order valence-electron chi connectivity index (χ0n) is 15.5. The molecule has 7 nitrogen and oxygen atoms in total. The molecule has 0 aromatic carbocycles. The van der Waals surface area contributed by atoms with E-state index in [-0.39, 0.29) is 5.56 Å². The first-order valence-electron chi connectivity index (χ1n) is 9.09. The van der Waals surface area contributed by atoms with Gasteiger partial charge in [-0.1, -0.05) is 0 Å². The molecule has 3 aromatic heterocycles. The molecule has 136 valence electrons. The first-order valence-corrected chi connectivity index (χ1v) is 9.09. The summed E-state index contributed by atoms with van der Waals surface area (Å²) >= 11 is 0. The molecule has 1 fully saturated rings. The molecule has 0 saturated carbocycles. The Kier molecular flexibility index (Phi) is 4.22. The lowest BCUT2D eigenvalue weighted by atomic mass is 9.97. The maximum atomic E-state index is 12.0. The Morgan fingerprint density at radius 2 is 1.92 bits per heavy atom. The number of aryl methyl sites for hydroxylation is 3. The number of hydrogen-bond donors (Lipinski definition) is 0. The van der Waals surface area contributed by atoms with Crippen LogP contribution in [0.3, 0.4) is 0 Å². The average molecular weight is 352 g/mol. The minimum absolute atomic E-state index is 0.0187. The smallest absolute Gasteiger partial charge is 0.266 e. The number of piperidine rings is 1. The molecule has 0 spiro atoms. The van der Waals surface area contributed by atoms with Crippen molar-refractivity contribution in [2.24, 2.45) is 13.0 Å². The second-order valence-corrected chi connectivity index (χ2v) is 7.20. The lowest BCUT2D eigenvalue weighted by Crippen LogP contribution is -2.37. The van der Waals surface area contributed by atoms with E-state index in [1.807, 2.05) is 6.92 Å². The molecule has 7 heteroatoms. The molecule has 4 rings (SSSR count). The Balaban J connectivity index is 1.51. The van der Waals surface area contributed by atoms with Crippen LogP contribution in [0.1, 0.15) is 24.2 Å². The summed E-state index contributed by atoms with van der Waals surface area (Å²) in [5, 5.41) is 4.37. The quantitative estimate of drug-likeness (QED) is 0.722. The molecule has 26 heavy (non-hydrogen) atoms. The zero-order chi connectivity index (χ0) is 18.3. The predicted octanol–water partition coefficient (Wildman–Crippen LogP) is 2.06.